The molecule has 0 spiro atoms. The lowest BCUT2D eigenvalue weighted by molar-refractivity contribution is 0.306. The quantitative estimate of drug-likeness (QED) is 0.371. The van der Waals surface area contributed by atoms with E-state index in [1.54, 1.807) is 6.21 Å². The van der Waals surface area contributed by atoms with Crippen LogP contribution in [0, 0.1) is 0 Å². The molecule has 0 bridgehead atoms. The lowest BCUT2D eigenvalue weighted by atomic mass is 10.1. The van der Waals surface area contributed by atoms with Crippen molar-refractivity contribution in [1.82, 2.24) is 15.0 Å². The minimum atomic E-state index is 0.486. The first-order chi connectivity index (χ1) is 17.3. The molecule has 0 saturated carbocycles. The molecule has 3 heterocycles. The Hall–Kier alpha value is -3.68. The normalized spacial score (nSPS) is 16.5. The molecule has 2 aliphatic rings. The van der Waals surface area contributed by atoms with E-state index in [4.69, 9.17) is 9.72 Å². The van der Waals surface area contributed by atoms with E-state index < -0.39 is 0 Å². The molecular weight excluding hydrogens is 438 g/mol. The van der Waals surface area contributed by atoms with Gasteiger partial charge in [0.25, 0.3) is 0 Å². The van der Waals surface area contributed by atoms with E-state index in [0.29, 0.717) is 12.6 Å². The predicted octanol–water partition coefficient (Wildman–Crippen LogP) is 4.88. The fourth-order valence-electron chi connectivity index (χ4n) is 4.43. The Morgan fingerprint density at radius 3 is 1.94 bits per heavy atom. The van der Waals surface area contributed by atoms with Gasteiger partial charge in [0.05, 0.1) is 6.21 Å². The van der Waals surface area contributed by atoms with Crippen molar-refractivity contribution in [3.8, 4) is 5.75 Å². The molecule has 0 atom stereocenters. The number of hydrogen-bond donors (Lipinski definition) is 1. The SMILES string of the molecule is C(=NNc1nc(N2CCCCC2)nc(N2CCCCC2)n1)c1ccc(OCc2ccccc2)cc1. The van der Waals surface area contributed by atoms with Gasteiger partial charge in [-0.25, -0.2) is 5.43 Å². The first-order valence-corrected chi connectivity index (χ1v) is 12.7. The van der Waals surface area contributed by atoms with Crippen molar-refractivity contribution in [3.63, 3.8) is 0 Å². The fourth-order valence-corrected chi connectivity index (χ4v) is 4.43. The average Bonchev–Trinajstić information content (AvgIpc) is 2.94. The van der Waals surface area contributed by atoms with E-state index >= 15 is 0 Å². The molecule has 0 radical (unpaired) electrons. The summed E-state index contributed by atoms with van der Waals surface area (Å²) in [6.07, 6.45) is 9.02. The lowest BCUT2D eigenvalue weighted by Gasteiger charge is -2.30. The second-order valence-corrected chi connectivity index (χ2v) is 9.07. The molecule has 8 nitrogen and oxygen atoms in total. The van der Waals surface area contributed by atoms with Crippen LogP contribution in [0.1, 0.15) is 49.7 Å². The van der Waals surface area contributed by atoms with Crippen molar-refractivity contribution >= 4 is 24.1 Å². The monoisotopic (exact) mass is 471 g/mol. The maximum atomic E-state index is 5.87. The summed E-state index contributed by atoms with van der Waals surface area (Å²) >= 11 is 0. The third-order valence-corrected chi connectivity index (χ3v) is 6.40. The second-order valence-electron chi connectivity index (χ2n) is 9.07. The van der Waals surface area contributed by atoms with Gasteiger partial charge in [0, 0.05) is 26.2 Å². The predicted molar refractivity (Wildman–Crippen MR) is 140 cm³/mol. The summed E-state index contributed by atoms with van der Waals surface area (Å²) in [6.45, 7) is 4.51. The number of anilines is 3. The van der Waals surface area contributed by atoms with Gasteiger partial charge < -0.3 is 14.5 Å². The number of nitrogens with zero attached hydrogens (tertiary/aromatic N) is 6. The van der Waals surface area contributed by atoms with Crippen LogP contribution in [0.3, 0.4) is 0 Å². The molecule has 0 unspecified atom stereocenters. The Morgan fingerprint density at radius 1 is 0.743 bits per heavy atom. The summed E-state index contributed by atoms with van der Waals surface area (Å²) in [5.41, 5.74) is 5.15. The molecule has 182 valence electrons. The summed E-state index contributed by atoms with van der Waals surface area (Å²) in [6, 6.07) is 18.0. The summed E-state index contributed by atoms with van der Waals surface area (Å²) in [5, 5.41) is 4.40. The summed E-state index contributed by atoms with van der Waals surface area (Å²) in [5.74, 6) is 2.81. The highest BCUT2D eigenvalue weighted by atomic mass is 16.5. The van der Waals surface area contributed by atoms with Crippen LogP contribution >= 0.6 is 0 Å². The van der Waals surface area contributed by atoms with Gasteiger partial charge in [-0.2, -0.15) is 20.1 Å². The van der Waals surface area contributed by atoms with Gasteiger partial charge in [-0.15, -0.1) is 0 Å². The fraction of sp³-hybridized carbons (Fsp3) is 0.407. The van der Waals surface area contributed by atoms with Crippen molar-refractivity contribution in [2.75, 3.05) is 41.4 Å². The number of piperidine rings is 2. The molecule has 5 rings (SSSR count). The van der Waals surface area contributed by atoms with E-state index in [-0.39, 0.29) is 0 Å². The zero-order chi connectivity index (χ0) is 23.7. The highest BCUT2D eigenvalue weighted by Crippen LogP contribution is 2.22. The van der Waals surface area contributed by atoms with Gasteiger partial charge >= 0.3 is 0 Å². The third kappa shape index (κ3) is 6.47. The van der Waals surface area contributed by atoms with Crippen molar-refractivity contribution in [2.24, 2.45) is 5.10 Å². The molecule has 0 aliphatic carbocycles. The molecule has 35 heavy (non-hydrogen) atoms. The van der Waals surface area contributed by atoms with Crippen LogP contribution in [0.15, 0.2) is 59.7 Å². The van der Waals surface area contributed by atoms with Gasteiger partial charge in [0.1, 0.15) is 12.4 Å². The standard InChI is InChI=1S/C27H33N7O/c1-4-10-23(11-5-1)21-35-24-14-12-22(13-15-24)20-28-32-25-29-26(33-16-6-2-7-17-33)31-27(30-25)34-18-8-3-9-19-34/h1,4-5,10-15,20H,2-3,6-9,16-19,21H2,(H,29,30,31,32). The molecule has 1 aromatic heterocycles. The Labute approximate surface area is 207 Å². The molecule has 2 aliphatic heterocycles. The highest BCUT2D eigenvalue weighted by molar-refractivity contribution is 5.80. The van der Waals surface area contributed by atoms with Crippen LogP contribution in [0.25, 0.3) is 0 Å². The van der Waals surface area contributed by atoms with Crippen LogP contribution in [-0.2, 0) is 6.61 Å². The van der Waals surface area contributed by atoms with E-state index in [1.807, 2.05) is 42.5 Å². The molecular formula is C27H33N7O. The minimum Gasteiger partial charge on any atom is -0.489 e. The zero-order valence-corrected chi connectivity index (χ0v) is 20.1. The molecule has 1 N–H and O–H groups in total. The van der Waals surface area contributed by atoms with Gasteiger partial charge in [-0.05, 0) is 73.9 Å². The Bertz CT molecular complexity index is 1060. The first-order valence-electron chi connectivity index (χ1n) is 12.7. The summed E-state index contributed by atoms with van der Waals surface area (Å²) in [4.78, 5) is 18.7. The molecule has 2 aromatic carbocycles. The maximum Gasteiger partial charge on any atom is 0.250 e. The number of benzene rings is 2. The van der Waals surface area contributed by atoms with Crippen molar-refractivity contribution in [2.45, 2.75) is 45.1 Å². The number of rotatable bonds is 8. The smallest absolute Gasteiger partial charge is 0.250 e. The Morgan fingerprint density at radius 2 is 1.34 bits per heavy atom. The summed E-state index contributed by atoms with van der Waals surface area (Å²) in [7, 11) is 0. The van der Waals surface area contributed by atoms with Crippen LogP contribution < -0.4 is 20.0 Å². The molecule has 3 aromatic rings. The maximum absolute atomic E-state index is 5.87. The largest absolute Gasteiger partial charge is 0.489 e. The number of hydrazone groups is 1. The number of aromatic nitrogens is 3. The lowest BCUT2D eigenvalue weighted by Crippen LogP contribution is -2.34. The van der Waals surface area contributed by atoms with Gasteiger partial charge in [-0.1, -0.05) is 30.3 Å². The minimum absolute atomic E-state index is 0.486. The summed E-state index contributed by atoms with van der Waals surface area (Å²) < 4.78 is 5.87. The first kappa shape index (κ1) is 23.1. The van der Waals surface area contributed by atoms with Gasteiger partial charge in [0.2, 0.25) is 17.8 Å². The van der Waals surface area contributed by atoms with Crippen LogP contribution in [0.2, 0.25) is 0 Å². The molecule has 2 saturated heterocycles. The van der Waals surface area contributed by atoms with Crippen LogP contribution in [-0.4, -0.2) is 47.3 Å². The van der Waals surface area contributed by atoms with E-state index in [1.165, 1.54) is 38.5 Å². The van der Waals surface area contributed by atoms with Crippen LogP contribution in [0.4, 0.5) is 17.8 Å². The molecule has 2 fully saturated rings. The second kappa shape index (κ2) is 11.6. The number of nitrogens with one attached hydrogen (secondary N) is 1. The van der Waals surface area contributed by atoms with E-state index in [0.717, 1.165) is 55.0 Å². The van der Waals surface area contributed by atoms with Crippen LogP contribution in [0.5, 0.6) is 5.75 Å². The van der Waals surface area contributed by atoms with Gasteiger partial charge in [-0.3, -0.25) is 0 Å². The molecule has 0 amide bonds. The number of ether oxygens (including phenoxy) is 1. The topological polar surface area (TPSA) is 78.8 Å². The van der Waals surface area contributed by atoms with E-state index in [9.17, 15) is 0 Å². The van der Waals surface area contributed by atoms with Crippen molar-refractivity contribution in [3.05, 3.63) is 65.7 Å². The van der Waals surface area contributed by atoms with Crippen molar-refractivity contribution < 1.29 is 4.74 Å². The third-order valence-electron chi connectivity index (χ3n) is 6.40. The Kier molecular flexibility index (Phi) is 7.68. The highest BCUT2D eigenvalue weighted by Gasteiger charge is 2.20. The Balaban J connectivity index is 1.24. The average molecular weight is 472 g/mol. The number of hydrogen-bond acceptors (Lipinski definition) is 8. The van der Waals surface area contributed by atoms with Crippen molar-refractivity contribution in [1.29, 1.82) is 0 Å². The molecule has 8 heteroatoms. The zero-order valence-electron chi connectivity index (χ0n) is 20.1. The van der Waals surface area contributed by atoms with Gasteiger partial charge in [0.15, 0.2) is 0 Å². The van der Waals surface area contributed by atoms with E-state index in [2.05, 4.69) is 42.4 Å².